The van der Waals surface area contributed by atoms with Gasteiger partial charge < -0.3 is 35.0 Å². The first-order valence-corrected chi connectivity index (χ1v) is 16.5. The van der Waals surface area contributed by atoms with Crippen LogP contribution >= 0.6 is 0 Å². The minimum atomic E-state index is -1.32. The molecule has 1 heterocycles. The molecule has 240 valence electrons. The van der Waals surface area contributed by atoms with Crippen LogP contribution < -0.4 is 0 Å². The van der Waals surface area contributed by atoms with Gasteiger partial charge in [0.25, 0.3) is 0 Å². The van der Waals surface area contributed by atoms with Gasteiger partial charge in [0, 0.05) is 11.3 Å². The van der Waals surface area contributed by atoms with Gasteiger partial charge in [-0.15, -0.1) is 0 Å². The van der Waals surface area contributed by atoms with Crippen molar-refractivity contribution in [3.63, 3.8) is 0 Å². The summed E-state index contributed by atoms with van der Waals surface area (Å²) in [5.74, 6) is 0.960. The lowest BCUT2D eigenvalue weighted by atomic mass is 9.38. The number of allylic oxidation sites excluding steroid dienone is 2. The normalized spacial score (nSPS) is 50.6. The van der Waals surface area contributed by atoms with Gasteiger partial charge in [-0.2, -0.15) is 0 Å². The maximum absolute atomic E-state index is 12.1. The van der Waals surface area contributed by atoms with E-state index in [4.69, 9.17) is 9.47 Å². The van der Waals surface area contributed by atoms with Crippen LogP contribution in [0, 0.1) is 45.3 Å². The molecule has 5 N–H and O–H groups in total. The van der Waals surface area contributed by atoms with Gasteiger partial charge in [0.15, 0.2) is 6.29 Å². The maximum atomic E-state index is 12.1. The summed E-state index contributed by atoms with van der Waals surface area (Å²) in [5, 5.41) is 54.3. The molecule has 1 saturated heterocycles. The van der Waals surface area contributed by atoms with Crippen molar-refractivity contribution in [2.75, 3.05) is 6.61 Å². The van der Waals surface area contributed by atoms with E-state index in [2.05, 4.69) is 67.5 Å². The van der Waals surface area contributed by atoms with Gasteiger partial charge in [0.05, 0.1) is 24.9 Å². The Morgan fingerprint density at radius 1 is 0.976 bits per heavy atom. The van der Waals surface area contributed by atoms with Crippen molar-refractivity contribution >= 4 is 0 Å². The highest BCUT2D eigenvalue weighted by Gasteiger charge is 2.71. The monoisotopic (exact) mass is 590 g/mol. The van der Waals surface area contributed by atoms with Crippen LogP contribution in [0.1, 0.15) is 100 Å². The molecular weight excluding hydrogens is 532 g/mol. The molecule has 0 bridgehead atoms. The van der Waals surface area contributed by atoms with Crippen molar-refractivity contribution in [1.82, 2.24) is 0 Å². The molecule has 0 spiro atoms. The molecule has 42 heavy (non-hydrogen) atoms. The largest absolute Gasteiger partial charge is 0.393 e. The second kappa shape index (κ2) is 11.2. The van der Waals surface area contributed by atoms with E-state index in [0.29, 0.717) is 5.92 Å². The molecule has 3 saturated carbocycles. The van der Waals surface area contributed by atoms with Crippen LogP contribution in [0.25, 0.3) is 0 Å². The van der Waals surface area contributed by atoms with E-state index in [1.807, 2.05) is 0 Å². The van der Waals surface area contributed by atoms with Crippen molar-refractivity contribution in [3.05, 3.63) is 23.3 Å². The van der Waals surface area contributed by atoms with Crippen LogP contribution in [0.5, 0.6) is 0 Å². The average Bonchev–Trinajstić information content (AvgIpc) is 3.10. The fourth-order valence-electron chi connectivity index (χ4n) is 11.0. The van der Waals surface area contributed by atoms with E-state index in [9.17, 15) is 25.5 Å². The molecule has 7 nitrogen and oxygen atoms in total. The minimum absolute atomic E-state index is 0.0514. The van der Waals surface area contributed by atoms with Crippen LogP contribution in [-0.2, 0) is 9.47 Å². The van der Waals surface area contributed by atoms with E-state index < -0.39 is 36.1 Å². The highest BCUT2D eigenvalue weighted by molar-refractivity contribution is 5.33. The number of rotatable bonds is 6. The lowest BCUT2D eigenvalue weighted by Crippen LogP contribution is -2.63. The average molecular weight is 591 g/mol. The van der Waals surface area contributed by atoms with Crippen LogP contribution in [0.2, 0.25) is 0 Å². The summed E-state index contributed by atoms with van der Waals surface area (Å²) in [6.07, 6.45) is 4.98. The van der Waals surface area contributed by atoms with E-state index in [1.165, 1.54) is 11.1 Å². The Kier molecular flexibility index (Phi) is 8.71. The predicted molar refractivity (Wildman–Crippen MR) is 162 cm³/mol. The van der Waals surface area contributed by atoms with Gasteiger partial charge in [-0.05, 0) is 92.8 Å². The third kappa shape index (κ3) is 4.89. The van der Waals surface area contributed by atoms with E-state index >= 15 is 0 Å². The van der Waals surface area contributed by atoms with Gasteiger partial charge in [0.1, 0.15) is 18.3 Å². The maximum Gasteiger partial charge on any atom is 0.186 e. The Balaban J connectivity index is 1.42. The first-order valence-electron chi connectivity index (χ1n) is 16.5. The van der Waals surface area contributed by atoms with Gasteiger partial charge in [0.2, 0.25) is 0 Å². The van der Waals surface area contributed by atoms with Crippen LogP contribution in [0.3, 0.4) is 0 Å². The Bertz CT molecular complexity index is 1070. The summed E-state index contributed by atoms with van der Waals surface area (Å²) in [6.45, 7) is 18.0. The molecule has 0 aromatic carbocycles. The summed E-state index contributed by atoms with van der Waals surface area (Å²) in [4.78, 5) is 0. The van der Waals surface area contributed by atoms with Gasteiger partial charge in [-0.3, -0.25) is 0 Å². The summed E-state index contributed by atoms with van der Waals surface area (Å²) in [7, 11) is 0. The lowest BCUT2D eigenvalue weighted by molar-refractivity contribution is -0.294. The number of ether oxygens (including phenoxy) is 2. The Labute approximate surface area is 253 Å². The standard InChI is InChI=1S/C35H58O7/c1-19(2)10-9-11-20(3)27-24(37)17-35(8)30-23(36)16-22-21(33(30,6)14-15-34(27,35)7)12-13-26(32(22,4)5)42-31-29(40)28(39)25(38)18-41-31/h10,16,20-21,23-31,36-40H,9,11-15,17-18H2,1-8H3/t20-,21?,23+,24?,25-,26+,27+,28+,29-,30-,31+,33?,34-,35+/m1/s1. The van der Waals surface area contributed by atoms with E-state index in [-0.39, 0.29) is 52.8 Å². The number of hydrogen-bond donors (Lipinski definition) is 5. The number of aliphatic hydroxyl groups is 5. The molecule has 4 fully saturated rings. The smallest absolute Gasteiger partial charge is 0.186 e. The zero-order valence-corrected chi connectivity index (χ0v) is 27.2. The number of aliphatic hydroxyl groups excluding tert-OH is 5. The molecule has 0 aromatic rings. The van der Waals surface area contributed by atoms with Gasteiger partial charge in [-0.25, -0.2) is 0 Å². The van der Waals surface area contributed by atoms with Crippen molar-refractivity contribution in [2.45, 2.75) is 143 Å². The summed E-state index contributed by atoms with van der Waals surface area (Å²) in [6, 6.07) is 0. The minimum Gasteiger partial charge on any atom is -0.393 e. The summed E-state index contributed by atoms with van der Waals surface area (Å²) >= 11 is 0. The molecule has 5 rings (SSSR count). The highest BCUT2D eigenvalue weighted by atomic mass is 16.7. The molecular formula is C35H58O7. The quantitative estimate of drug-likeness (QED) is 0.284. The van der Waals surface area contributed by atoms with E-state index in [0.717, 1.165) is 44.9 Å². The number of hydrogen-bond acceptors (Lipinski definition) is 7. The molecule has 0 radical (unpaired) electrons. The first kappa shape index (κ1) is 32.6. The molecule has 4 aliphatic carbocycles. The molecule has 7 heteroatoms. The lowest BCUT2D eigenvalue weighted by Gasteiger charge is -2.67. The fourth-order valence-corrected chi connectivity index (χ4v) is 11.0. The summed E-state index contributed by atoms with van der Waals surface area (Å²) in [5.41, 5.74) is 1.79. The Morgan fingerprint density at radius 2 is 1.67 bits per heavy atom. The zero-order chi connectivity index (χ0) is 31.0. The fraction of sp³-hybridized carbons (Fsp3) is 0.886. The second-order valence-corrected chi connectivity index (χ2v) is 16.3. The van der Waals surface area contributed by atoms with Crippen molar-refractivity contribution in [1.29, 1.82) is 0 Å². The Hall–Kier alpha value is -0.800. The predicted octanol–water partition coefficient (Wildman–Crippen LogP) is 4.74. The zero-order valence-electron chi connectivity index (χ0n) is 27.2. The topological polar surface area (TPSA) is 120 Å². The van der Waals surface area contributed by atoms with Crippen LogP contribution in [0.15, 0.2) is 23.3 Å². The number of fused-ring (bicyclic) bond motifs is 5. The first-order chi connectivity index (χ1) is 19.5. The van der Waals surface area contributed by atoms with Gasteiger partial charge >= 0.3 is 0 Å². The second-order valence-electron chi connectivity index (χ2n) is 16.3. The molecule has 14 atom stereocenters. The van der Waals surface area contributed by atoms with Crippen LogP contribution in [0.4, 0.5) is 0 Å². The highest BCUT2D eigenvalue weighted by Crippen LogP contribution is 2.75. The van der Waals surface area contributed by atoms with Crippen molar-refractivity contribution in [2.24, 2.45) is 45.3 Å². The van der Waals surface area contributed by atoms with Crippen molar-refractivity contribution < 1.29 is 35.0 Å². The third-order valence-electron chi connectivity index (χ3n) is 13.3. The summed E-state index contributed by atoms with van der Waals surface area (Å²) < 4.78 is 11.9. The third-order valence-corrected chi connectivity index (χ3v) is 13.3. The van der Waals surface area contributed by atoms with Crippen LogP contribution in [-0.4, -0.2) is 75.1 Å². The SMILES string of the molecule is CC(C)=CCC[C@@H](C)[C@H]1C(O)C[C@@]2(C)[C@@H]3[C@@H](O)C=C4C(CC[C@H](O[C@@H]5OC[C@@H](O)[C@H](O)[C@H]5O)C4(C)C)C3(C)CC[C@]12C. The van der Waals surface area contributed by atoms with Gasteiger partial charge in [-0.1, -0.05) is 64.8 Å². The Morgan fingerprint density at radius 3 is 2.33 bits per heavy atom. The molecule has 0 amide bonds. The molecule has 3 unspecified atom stereocenters. The molecule has 5 aliphatic rings. The van der Waals surface area contributed by atoms with E-state index in [1.54, 1.807) is 0 Å². The molecule has 0 aromatic heterocycles. The molecule has 1 aliphatic heterocycles. The van der Waals surface area contributed by atoms with Crippen molar-refractivity contribution in [3.8, 4) is 0 Å².